The van der Waals surface area contributed by atoms with Crippen LogP contribution in [0.3, 0.4) is 0 Å². The summed E-state index contributed by atoms with van der Waals surface area (Å²) in [5.74, 6) is 0.818. The number of aryl methyl sites for hydroxylation is 2. The molecular formula is C24H26N4O4S. The standard InChI is InChI=1S/C24H26N4O4S/c1-15-19(16(2)32-26-15)14-33-22-8-6-5-7-18(22)23(29)25-17-9-10-21-20(13-17)28(24(30)31-21)12-11-27(3)4/h5-10,13H,11-12,14H2,1-4H3,(H,25,29). The van der Waals surface area contributed by atoms with E-state index in [2.05, 4.69) is 10.5 Å². The fourth-order valence-corrected chi connectivity index (χ4v) is 4.69. The molecule has 9 heteroatoms. The van der Waals surface area contributed by atoms with Crippen LogP contribution in [0.4, 0.5) is 5.69 Å². The number of benzene rings is 2. The first-order chi connectivity index (χ1) is 15.8. The number of hydrogen-bond donors (Lipinski definition) is 1. The van der Waals surface area contributed by atoms with Crippen LogP contribution in [0, 0.1) is 13.8 Å². The summed E-state index contributed by atoms with van der Waals surface area (Å²) in [4.78, 5) is 28.2. The van der Waals surface area contributed by atoms with Gasteiger partial charge in [-0.25, -0.2) is 4.79 Å². The third-order valence-electron chi connectivity index (χ3n) is 5.38. The summed E-state index contributed by atoms with van der Waals surface area (Å²) in [6.45, 7) is 4.99. The topological polar surface area (TPSA) is 93.5 Å². The smallest absolute Gasteiger partial charge is 0.408 e. The molecule has 0 saturated carbocycles. The zero-order valence-electron chi connectivity index (χ0n) is 19.0. The van der Waals surface area contributed by atoms with Gasteiger partial charge in [0.25, 0.3) is 5.91 Å². The minimum absolute atomic E-state index is 0.220. The SMILES string of the molecule is Cc1noc(C)c1CSc1ccccc1C(=O)Nc1ccc2oc(=O)n(CCN(C)C)c2c1. The molecule has 0 bridgehead atoms. The van der Waals surface area contributed by atoms with E-state index in [0.29, 0.717) is 41.2 Å². The second kappa shape index (κ2) is 9.68. The Labute approximate surface area is 195 Å². The number of thioether (sulfide) groups is 1. The van der Waals surface area contributed by atoms with Crippen molar-refractivity contribution in [2.24, 2.45) is 0 Å². The molecule has 1 N–H and O–H groups in total. The third-order valence-corrected chi connectivity index (χ3v) is 6.48. The van der Waals surface area contributed by atoms with Crippen LogP contribution in [0.5, 0.6) is 0 Å². The predicted octanol–water partition coefficient (Wildman–Crippen LogP) is 4.31. The molecule has 8 nitrogen and oxygen atoms in total. The second-order valence-electron chi connectivity index (χ2n) is 8.05. The lowest BCUT2D eigenvalue weighted by atomic mass is 10.2. The zero-order chi connectivity index (χ0) is 23.5. The number of carbonyl (C=O) groups excluding carboxylic acids is 1. The van der Waals surface area contributed by atoms with Crippen molar-refractivity contribution in [1.29, 1.82) is 0 Å². The Hall–Kier alpha value is -3.30. The Morgan fingerprint density at radius 3 is 2.70 bits per heavy atom. The van der Waals surface area contributed by atoms with E-state index in [4.69, 9.17) is 8.94 Å². The average molecular weight is 467 g/mol. The summed E-state index contributed by atoms with van der Waals surface area (Å²) >= 11 is 1.56. The van der Waals surface area contributed by atoms with Gasteiger partial charge >= 0.3 is 5.76 Å². The van der Waals surface area contributed by atoms with Gasteiger partial charge in [0.15, 0.2) is 5.58 Å². The van der Waals surface area contributed by atoms with Crippen LogP contribution in [0.15, 0.2) is 61.1 Å². The van der Waals surface area contributed by atoms with Crippen molar-refractivity contribution in [3.63, 3.8) is 0 Å². The van der Waals surface area contributed by atoms with Gasteiger partial charge < -0.3 is 19.2 Å². The molecule has 2 heterocycles. The van der Waals surface area contributed by atoms with Gasteiger partial charge in [0.05, 0.1) is 16.8 Å². The molecule has 0 atom stereocenters. The summed E-state index contributed by atoms with van der Waals surface area (Å²) in [5, 5.41) is 6.95. The number of likely N-dealkylation sites (N-methyl/N-ethyl adjacent to an activating group) is 1. The fraction of sp³-hybridized carbons (Fsp3) is 0.292. The molecule has 0 fully saturated rings. The number of anilines is 1. The van der Waals surface area contributed by atoms with E-state index in [0.717, 1.165) is 21.9 Å². The minimum Gasteiger partial charge on any atom is -0.408 e. The number of oxazole rings is 1. The Kier molecular flexibility index (Phi) is 6.71. The number of fused-ring (bicyclic) bond motifs is 1. The number of aromatic nitrogens is 2. The molecule has 0 unspecified atom stereocenters. The lowest BCUT2D eigenvalue weighted by Crippen LogP contribution is -2.23. The summed E-state index contributed by atoms with van der Waals surface area (Å²) < 4.78 is 12.2. The van der Waals surface area contributed by atoms with E-state index in [-0.39, 0.29) is 5.91 Å². The van der Waals surface area contributed by atoms with Gasteiger partial charge in [-0.2, -0.15) is 0 Å². The maximum Gasteiger partial charge on any atom is 0.419 e. The lowest BCUT2D eigenvalue weighted by molar-refractivity contribution is 0.102. The highest BCUT2D eigenvalue weighted by atomic mass is 32.2. The monoisotopic (exact) mass is 466 g/mol. The Morgan fingerprint density at radius 2 is 1.97 bits per heavy atom. The highest BCUT2D eigenvalue weighted by Gasteiger charge is 2.16. The second-order valence-corrected chi connectivity index (χ2v) is 9.06. The number of rotatable bonds is 8. The van der Waals surface area contributed by atoms with Gasteiger partial charge in [-0.15, -0.1) is 11.8 Å². The molecule has 0 radical (unpaired) electrons. The normalized spacial score (nSPS) is 11.4. The first kappa shape index (κ1) is 22.9. The van der Waals surface area contributed by atoms with Gasteiger partial charge in [-0.1, -0.05) is 17.3 Å². The van der Waals surface area contributed by atoms with Crippen molar-refractivity contribution in [3.8, 4) is 0 Å². The zero-order valence-corrected chi connectivity index (χ0v) is 19.9. The van der Waals surface area contributed by atoms with Crippen molar-refractivity contribution in [3.05, 3.63) is 75.6 Å². The van der Waals surface area contributed by atoms with Gasteiger partial charge in [0.1, 0.15) is 5.76 Å². The van der Waals surface area contributed by atoms with Crippen molar-refractivity contribution < 1.29 is 13.7 Å². The van der Waals surface area contributed by atoms with Crippen LogP contribution in [0.1, 0.15) is 27.4 Å². The largest absolute Gasteiger partial charge is 0.419 e. The molecule has 172 valence electrons. The summed E-state index contributed by atoms with van der Waals surface area (Å²) in [7, 11) is 3.89. The van der Waals surface area contributed by atoms with Crippen LogP contribution in [-0.4, -0.2) is 41.2 Å². The van der Waals surface area contributed by atoms with Crippen LogP contribution in [0.2, 0.25) is 0 Å². The van der Waals surface area contributed by atoms with Crippen molar-refractivity contribution >= 4 is 34.5 Å². The van der Waals surface area contributed by atoms with Crippen LogP contribution >= 0.6 is 11.8 Å². The van der Waals surface area contributed by atoms with E-state index in [1.54, 1.807) is 40.6 Å². The maximum absolute atomic E-state index is 13.1. The molecule has 33 heavy (non-hydrogen) atoms. The van der Waals surface area contributed by atoms with E-state index >= 15 is 0 Å². The Morgan fingerprint density at radius 1 is 1.18 bits per heavy atom. The van der Waals surface area contributed by atoms with Crippen LogP contribution in [0.25, 0.3) is 11.1 Å². The highest BCUT2D eigenvalue weighted by molar-refractivity contribution is 7.98. The average Bonchev–Trinajstić information content (AvgIpc) is 3.28. The Balaban J connectivity index is 1.55. The third kappa shape index (κ3) is 5.04. The molecule has 1 amide bonds. The van der Waals surface area contributed by atoms with E-state index < -0.39 is 5.76 Å². The molecule has 4 rings (SSSR count). The Bertz CT molecular complexity index is 1330. The summed E-state index contributed by atoms with van der Waals surface area (Å²) in [6, 6.07) is 12.7. The first-order valence-electron chi connectivity index (χ1n) is 10.6. The molecule has 0 spiro atoms. The molecule has 0 aliphatic carbocycles. The number of carbonyl (C=O) groups is 1. The molecule has 4 aromatic rings. The van der Waals surface area contributed by atoms with E-state index in [9.17, 15) is 9.59 Å². The van der Waals surface area contributed by atoms with Crippen LogP contribution in [-0.2, 0) is 12.3 Å². The molecule has 0 saturated heterocycles. The van der Waals surface area contributed by atoms with Gasteiger partial charge in [0, 0.05) is 35.0 Å². The summed E-state index contributed by atoms with van der Waals surface area (Å²) in [6.07, 6.45) is 0. The van der Waals surface area contributed by atoms with Gasteiger partial charge in [-0.05, 0) is 58.3 Å². The fourth-order valence-electron chi connectivity index (χ4n) is 3.49. The van der Waals surface area contributed by atoms with E-state index in [1.165, 1.54) is 0 Å². The lowest BCUT2D eigenvalue weighted by Gasteiger charge is -2.11. The number of amides is 1. The number of nitrogens with one attached hydrogen (secondary N) is 1. The molecule has 0 aliphatic heterocycles. The molecule has 2 aromatic heterocycles. The number of nitrogens with zero attached hydrogens (tertiary/aromatic N) is 3. The summed E-state index contributed by atoms with van der Waals surface area (Å²) in [5.41, 5.74) is 4.21. The van der Waals surface area contributed by atoms with E-state index in [1.807, 2.05) is 51.0 Å². The quantitative estimate of drug-likeness (QED) is 0.387. The predicted molar refractivity (Wildman–Crippen MR) is 129 cm³/mol. The molecule has 2 aromatic carbocycles. The van der Waals surface area contributed by atoms with Crippen molar-refractivity contribution in [2.45, 2.75) is 31.0 Å². The minimum atomic E-state index is -0.406. The van der Waals surface area contributed by atoms with Gasteiger partial charge in [-0.3, -0.25) is 9.36 Å². The maximum atomic E-state index is 13.1. The van der Waals surface area contributed by atoms with Crippen LogP contribution < -0.4 is 11.1 Å². The highest BCUT2D eigenvalue weighted by Crippen LogP contribution is 2.29. The number of hydrogen-bond acceptors (Lipinski definition) is 7. The van der Waals surface area contributed by atoms with Crippen molar-refractivity contribution in [1.82, 2.24) is 14.6 Å². The molecule has 0 aliphatic rings. The molecular weight excluding hydrogens is 440 g/mol. The first-order valence-corrected chi connectivity index (χ1v) is 11.5. The van der Waals surface area contributed by atoms with Crippen molar-refractivity contribution in [2.75, 3.05) is 26.0 Å². The van der Waals surface area contributed by atoms with Gasteiger partial charge in [0.2, 0.25) is 0 Å².